The van der Waals surface area contributed by atoms with E-state index in [1.54, 1.807) is 6.07 Å². The molecule has 1 heterocycles. The lowest BCUT2D eigenvalue weighted by Gasteiger charge is -2.05. The van der Waals surface area contributed by atoms with Gasteiger partial charge in [0.1, 0.15) is 5.82 Å². The first kappa shape index (κ1) is 12.8. The van der Waals surface area contributed by atoms with Gasteiger partial charge in [-0.3, -0.25) is 4.79 Å². The fourth-order valence-corrected chi connectivity index (χ4v) is 2.76. The minimum Gasteiger partial charge on any atom is -0.310 e. The second kappa shape index (κ2) is 5.11. The van der Waals surface area contributed by atoms with Crippen molar-refractivity contribution in [3.8, 4) is 0 Å². The molecule has 4 aromatic rings. The predicted molar refractivity (Wildman–Crippen MR) is 89.1 cm³/mol. The number of fused-ring (bicyclic) bond motifs is 2. The molecule has 22 heavy (non-hydrogen) atoms. The van der Waals surface area contributed by atoms with Gasteiger partial charge < -0.3 is 4.98 Å². The van der Waals surface area contributed by atoms with E-state index in [1.807, 2.05) is 30.3 Å². The normalized spacial score (nSPS) is 11.1. The first-order valence-corrected chi connectivity index (χ1v) is 7.25. The van der Waals surface area contributed by atoms with Gasteiger partial charge >= 0.3 is 0 Å². The van der Waals surface area contributed by atoms with Crippen molar-refractivity contribution in [3.05, 3.63) is 88.5 Å². The molecule has 0 aliphatic heterocycles. The molecule has 0 amide bonds. The van der Waals surface area contributed by atoms with Gasteiger partial charge in [-0.05, 0) is 28.5 Å². The van der Waals surface area contributed by atoms with E-state index in [4.69, 9.17) is 0 Å². The zero-order valence-electron chi connectivity index (χ0n) is 11.9. The fraction of sp³-hybridized carbons (Fsp3) is 0.0526. The Hall–Kier alpha value is -2.94. The van der Waals surface area contributed by atoms with E-state index in [9.17, 15) is 4.79 Å². The maximum Gasteiger partial charge on any atom is 0.258 e. The minimum absolute atomic E-state index is 0.0820. The summed E-state index contributed by atoms with van der Waals surface area (Å²) in [5, 5.41) is 3.04. The Balaban J connectivity index is 1.77. The number of nitrogens with zero attached hydrogens (tertiary/aromatic N) is 1. The summed E-state index contributed by atoms with van der Waals surface area (Å²) in [6, 6.07) is 22.0. The molecule has 0 saturated heterocycles. The molecule has 0 spiro atoms. The standard InChI is InChI=1S/C19H14N2O/c22-19-16-7-3-4-8-17(16)20-18(21-19)12-13-9-10-14-5-1-2-6-15(14)11-13/h1-11H,12H2,(H,20,21,22). The summed E-state index contributed by atoms with van der Waals surface area (Å²) in [6.45, 7) is 0. The van der Waals surface area contributed by atoms with Crippen LogP contribution in [0.4, 0.5) is 0 Å². The molecule has 3 nitrogen and oxygen atoms in total. The maximum atomic E-state index is 12.1. The Morgan fingerprint density at radius 3 is 2.55 bits per heavy atom. The van der Waals surface area contributed by atoms with Crippen molar-refractivity contribution in [3.63, 3.8) is 0 Å². The number of para-hydroxylation sites is 1. The molecule has 0 bridgehead atoms. The molecule has 106 valence electrons. The summed E-state index contributed by atoms with van der Waals surface area (Å²) in [5.41, 5.74) is 1.79. The number of nitrogens with one attached hydrogen (secondary N) is 1. The van der Waals surface area contributed by atoms with Gasteiger partial charge in [-0.2, -0.15) is 0 Å². The van der Waals surface area contributed by atoms with Crippen LogP contribution in [0.5, 0.6) is 0 Å². The number of aromatic amines is 1. The molecular formula is C19H14N2O. The van der Waals surface area contributed by atoms with Gasteiger partial charge in [0.25, 0.3) is 5.56 Å². The Morgan fingerprint density at radius 2 is 1.64 bits per heavy atom. The summed E-state index contributed by atoms with van der Waals surface area (Å²) in [4.78, 5) is 19.5. The lowest BCUT2D eigenvalue weighted by molar-refractivity contribution is 0.974. The number of H-pyrrole nitrogens is 1. The Bertz CT molecular complexity index is 1030. The third-order valence-corrected chi connectivity index (χ3v) is 3.85. The lowest BCUT2D eigenvalue weighted by Crippen LogP contribution is -2.12. The Kier molecular flexibility index (Phi) is 2.97. The molecule has 1 aromatic heterocycles. The molecule has 4 rings (SSSR count). The van der Waals surface area contributed by atoms with Crippen molar-refractivity contribution in [2.45, 2.75) is 6.42 Å². The summed E-state index contributed by atoms with van der Waals surface area (Å²) in [6.07, 6.45) is 0.616. The lowest BCUT2D eigenvalue weighted by atomic mass is 10.0. The molecule has 0 aliphatic carbocycles. The molecule has 1 N–H and O–H groups in total. The van der Waals surface area contributed by atoms with E-state index in [1.165, 1.54) is 10.8 Å². The molecule has 3 heteroatoms. The molecule has 0 atom stereocenters. The average Bonchev–Trinajstić information content (AvgIpc) is 2.55. The van der Waals surface area contributed by atoms with Crippen molar-refractivity contribution in [2.75, 3.05) is 0 Å². The van der Waals surface area contributed by atoms with Gasteiger partial charge in [-0.15, -0.1) is 0 Å². The van der Waals surface area contributed by atoms with Crippen LogP contribution < -0.4 is 5.56 Å². The third-order valence-electron chi connectivity index (χ3n) is 3.85. The van der Waals surface area contributed by atoms with Crippen LogP contribution >= 0.6 is 0 Å². The Labute approximate surface area is 127 Å². The second-order valence-corrected chi connectivity index (χ2v) is 5.39. The first-order chi connectivity index (χ1) is 10.8. The molecule has 0 aliphatic rings. The first-order valence-electron chi connectivity index (χ1n) is 7.25. The van der Waals surface area contributed by atoms with Gasteiger partial charge in [0.15, 0.2) is 0 Å². The second-order valence-electron chi connectivity index (χ2n) is 5.39. The fourth-order valence-electron chi connectivity index (χ4n) is 2.76. The summed E-state index contributed by atoms with van der Waals surface area (Å²) in [5.74, 6) is 0.694. The van der Waals surface area contributed by atoms with Crippen LogP contribution in [0.2, 0.25) is 0 Å². The average molecular weight is 286 g/mol. The van der Waals surface area contributed by atoms with Gasteiger partial charge in [-0.1, -0.05) is 54.6 Å². The topological polar surface area (TPSA) is 45.8 Å². The van der Waals surface area contributed by atoms with Crippen LogP contribution in [-0.4, -0.2) is 9.97 Å². The van der Waals surface area contributed by atoms with Crippen LogP contribution in [0.1, 0.15) is 11.4 Å². The summed E-state index contributed by atoms with van der Waals surface area (Å²) < 4.78 is 0. The van der Waals surface area contributed by atoms with Crippen LogP contribution in [0.25, 0.3) is 21.7 Å². The molecule has 0 radical (unpaired) electrons. The number of rotatable bonds is 2. The van der Waals surface area contributed by atoms with Crippen LogP contribution in [-0.2, 0) is 6.42 Å². The largest absolute Gasteiger partial charge is 0.310 e. The highest BCUT2D eigenvalue weighted by atomic mass is 16.1. The zero-order chi connectivity index (χ0) is 14.9. The van der Waals surface area contributed by atoms with Gasteiger partial charge in [-0.25, -0.2) is 4.98 Å². The van der Waals surface area contributed by atoms with Crippen molar-refractivity contribution < 1.29 is 0 Å². The highest BCUT2D eigenvalue weighted by Gasteiger charge is 2.04. The van der Waals surface area contributed by atoms with Gasteiger partial charge in [0.2, 0.25) is 0 Å². The molecular weight excluding hydrogens is 272 g/mol. The van der Waals surface area contributed by atoms with Crippen LogP contribution in [0, 0.1) is 0 Å². The Morgan fingerprint density at radius 1 is 0.864 bits per heavy atom. The van der Waals surface area contributed by atoms with E-state index in [2.05, 4.69) is 40.3 Å². The van der Waals surface area contributed by atoms with E-state index in [0.29, 0.717) is 17.6 Å². The van der Waals surface area contributed by atoms with E-state index in [0.717, 1.165) is 11.1 Å². The number of aromatic nitrogens is 2. The minimum atomic E-state index is -0.0820. The molecule has 0 fully saturated rings. The smallest absolute Gasteiger partial charge is 0.258 e. The van der Waals surface area contributed by atoms with Gasteiger partial charge in [0, 0.05) is 6.42 Å². The molecule has 0 unspecified atom stereocenters. The highest BCUT2D eigenvalue weighted by molar-refractivity contribution is 5.83. The van der Waals surface area contributed by atoms with Crippen molar-refractivity contribution in [2.24, 2.45) is 0 Å². The van der Waals surface area contributed by atoms with E-state index < -0.39 is 0 Å². The summed E-state index contributed by atoms with van der Waals surface area (Å²) >= 11 is 0. The number of hydrogen-bond acceptors (Lipinski definition) is 2. The molecule has 3 aromatic carbocycles. The zero-order valence-corrected chi connectivity index (χ0v) is 11.9. The van der Waals surface area contributed by atoms with Crippen molar-refractivity contribution >= 4 is 21.7 Å². The van der Waals surface area contributed by atoms with Gasteiger partial charge in [0.05, 0.1) is 10.9 Å². The quantitative estimate of drug-likeness (QED) is 0.611. The number of hydrogen-bond donors (Lipinski definition) is 1. The monoisotopic (exact) mass is 286 g/mol. The van der Waals surface area contributed by atoms with E-state index >= 15 is 0 Å². The third kappa shape index (κ3) is 2.27. The predicted octanol–water partition coefficient (Wildman–Crippen LogP) is 3.67. The SMILES string of the molecule is O=c1[nH]c(Cc2ccc3ccccc3c2)nc2ccccc12. The van der Waals surface area contributed by atoms with Crippen LogP contribution in [0.15, 0.2) is 71.5 Å². The van der Waals surface area contributed by atoms with Crippen LogP contribution in [0.3, 0.4) is 0 Å². The maximum absolute atomic E-state index is 12.1. The van der Waals surface area contributed by atoms with Crippen molar-refractivity contribution in [1.29, 1.82) is 0 Å². The summed E-state index contributed by atoms with van der Waals surface area (Å²) in [7, 11) is 0. The van der Waals surface area contributed by atoms with E-state index in [-0.39, 0.29) is 5.56 Å². The number of benzene rings is 3. The molecule has 0 saturated carbocycles. The van der Waals surface area contributed by atoms with Crippen molar-refractivity contribution in [1.82, 2.24) is 9.97 Å². The highest BCUT2D eigenvalue weighted by Crippen LogP contribution is 2.17.